The van der Waals surface area contributed by atoms with Crippen LogP contribution < -0.4 is 45.7 Å². The molecule has 4 N–H and O–H groups in total. The molecule has 1 unspecified atom stereocenters. The van der Waals surface area contributed by atoms with Gasteiger partial charge in [-0.25, -0.2) is 9.78 Å². The van der Waals surface area contributed by atoms with E-state index in [1.165, 1.54) is 22.0 Å². The van der Waals surface area contributed by atoms with E-state index in [0.29, 0.717) is 13.1 Å². The van der Waals surface area contributed by atoms with Crippen LogP contribution in [-0.2, 0) is 19.1 Å². The number of anilines is 1. The third-order valence-corrected chi connectivity index (χ3v) is 7.35. The Balaban J connectivity index is 0.00000324. The standard InChI is InChI=1S/C18H20N6O7S2.Na/c19-17-20-9(7-33-17)10(22-30)13(25)21-11-14(26)24-12(16(27)28)8(6-32-15(11)24)5-31-18(29)23-3-1-2-4-23;/h7,11,15,30H,1-6H2,(H2,19,20)(H,21,25)(H,27,28);/q;+1/p-1/b22-10+;/t11?,15-;/m1./s1. The number of nitrogen functional groups attached to an aromatic ring is 1. The molecule has 176 valence electrons. The molecule has 3 aliphatic heterocycles. The maximum atomic E-state index is 12.7. The van der Waals surface area contributed by atoms with Gasteiger partial charge >= 0.3 is 35.7 Å². The number of nitrogens with one attached hydrogen (secondary N) is 1. The number of carbonyl (C=O) groups excluding carboxylic acids is 4. The van der Waals surface area contributed by atoms with Crippen molar-refractivity contribution in [1.82, 2.24) is 20.1 Å². The largest absolute Gasteiger partial charge is 1.00 e. The van der Waals surface area contributed by atoms with Crippen LogP contribution >= 0.6 is 23.1 Å². The molecular formula is C18H19N6NaO7S2. The van der Waals surface area contributed by atoms with Crippen molar-refractivity contribution >= 4 is 57.8 Å². The summed E-state index contributed by atoms with van der Waals surface area (Å²) in [7, 11) is 0. The van der Waals surface area contributed by atoms with Crippen LogP contribution in [0, 0.1) is 0 Å². The average molecular weight is 519 g/mol. The van der Waals surface area contributed by atoms with Crippen LogP contribution in [0.5, 0.6) is 0 Å². The molecule has 1 aromatic heterocycles. The first-order valence-electron chi connectivity index (χ1n) is 9.86. The molecule has 0 bridgehead atoms. The molecule has 34 heavy (non-hydrogen) atoms. The number of β-lactam (4-membered cyclic amide) rings is 1. The van der Waals surface area contributed by atoms with Crippen LogP contribution in [0.2, 0.25) is 0 Å². The summed E-state index contributed by atoms with van der Waals surface area (Å²) in [6.07, 6.45) is 1.23. The molecule has 0 saturated carbocycles. The first-order valence-corrected chi connectivity index (χ1v) is 11.8. The number of nitrogens with two attached hydrogens (primary N) is 1. The Labute approximate surface area is 223 Å². The van der Waals surface area contributed by atoms with E-state index in [1.807, 2.05) is 0 Å². The SMILES string of the molecule is Nc1nc(/C(=N\O)C(=O)NC2C(=O)N3C(C(=O)[O-])=C(COC(=O)N4CCCC4)CS[C@H]23)cs1.[Na+]. The first kappa shape index (κ1) is 26.3. The Kier molecular flexibility index (Phi) is 8.46. The molecule has 4 heterocycles. The molecule has 2 saturated heterocycles. The first-order chi connectivity index (χ1) is 15.8. The quantitative estimate of drug-likeness (QED) is 0.109. The average Bonchev–Trinajstić information content (AvgIpc) is 3.47. The number of aromatic nitrogens is 1. The summed E-state index contributed by atoms with van der Waals surface area (Å²) in [5.41, 5.74) is 5.00. The van der Waals surface area contributed by atoms with Gasteiger partial charge in [0.15, 0.2) is 10.8 Å². The Morgan fingerprint density at radius 2 is 2.06 bits per heavy atom. The second kappa shape index (κ2) is 10.9. The van der Waals surface area contributed by atoms with E-state index in [-0.39, 0.29) is 64.0 Å². The topological polar surface area (TPSA) is 191 Å². The minimum atomic E-state index is -1.58. The van der Waals surface area contributed by atoms with Gasteiger partial charge in [0.05, 0.1) is 11.7 Å². The number of likely N-dealkylation sites (tertiary alicyclic amines) is 1. The Morgan fingerprint density at radius 1 is 1.35 bits per heavy atom. The number of amides is 3. The second-order valence-corrected chi connectivity index (χ2v) is 9.36. The van der Waals surface area contributed by atoms with Crippen molar-refractivity contribution in [3.8, 4) is 0 Å². The van der Waals surface area contributed by atoms with Gasteiger partial charge in [-0.05, 0) is 12.8 Å². The number of fused-ring (bicyclic) bond motifs is 1. The molecule has 3 aliphatic rings. The van der Waals surface area contributed by atoms with Crippen molar-refractivity contribution in [1.29, 1.82) is 0 Å². The fourth-order valence-corrected chi connectivity index (χ4v) is 5.62. The zero-order chi connectivity index (χ0) is 23.7. The molecule has 16 heteroatoms. The van der Waals surface area contributed by atoms with Gasteiger partial charge in [-0.2, -0.15) is 0 Å². The molecule has 2 atom stereocenters. The minimum absolute atomic E-state index is 0. The number of carboxylic acid groups (broad SMARTS) is 1. The van der Waals surface area contributed by atoms with Crippen LogP contribution in [0.3, 0.4) is 0 Å². The van der Waals surface area contributed by atoms with E-state index in [9.17, 15) is 29.5 Å². The van der Waals surface area contributed by atoms with Gasteiger partial charge in [-0.1, -0.05) is 5.16 Å². The fourth-order valence-electron chi connectivity index (χ4n) is 3.74. The number of oxime groups is 1. The molecule has 3 amide bonds. The third kappa shape index (κ3) is 5.02. The van der Waals surface area contributed by atoms with E-state index in [1.54, 1.807) is 0 Å². The number of ether oxygens (including phenoxy) is 1. The molecule has 0 spiro atoms. The van der Waals surface area contributed by atoms with E-state index in [4.69, 9.17) is 10.5 Å². The van der Waals surface area contributed by atoms with Crippen molar-refractivity contribution in [2.24, 2.45) is 5.16 Å². The number of nitrogens with zero attached hydrogens (tertiary/aromatic N) is 4. The van der Waals surface area contributed by atoms with Crippen molar-refractivity contribution in [3.63, 3.8) is 0 Å². The smallest absolute Gasteiger partial charge is 0.543 e. The predicted octanol–water partition coefficient (Wildman–Crippen LogP) is -4.46. The van der Waals surface area contributed by atoms with Gasteiger partial charge in [0.2, 0.25) is 0 Å². The minimum Gasteiger partial charge on any atom is -0.543 e. The number of rotatable bonds is 6. The number of hydrogen-bond donors (Lipinski definition) is 3. The Bertz CT molecular complexity index is 1070. The number of thioether (sulfide) groups is 1. The number of hydrogen-bond acceptors (Lipinski definition) is 12. The molecule has 0 aliphatic carbocycles. The van der Waals surface area contributed by atoms with Gasteiger partial charge < -0.3 is 35.8 Å². The second-order valence-electron chi connectivity index (χ2n) is 7.37. The van der Waals surface area contributed by atoms with Crippen LogP contribution in [0.25, 0.3) is 0 Å². The van der Waals surface area contributed by atoms with Crippen LogP contribution in [-0.4, -0.2) is 86.4 Å². The number of carbonyl (C=O) groups is 4. The zero-order valence-electron chi connectivity index (χ0n) is 18.1. The number of thiazole rings is 1. The van der Waals surface area contributed by atoms with Gasteiger partial charge in [-0.15, -0.1) is 23.1 Å². The molecule has 1 aromatic rings. The zero-order valence-corrected chi connectivity index (χ0v) is 21.7. The monoisotopic (exact) mass is 518 g/mol. The van der Waals surface area contributed by atoms with Crippen LogP contribution in [0.15, 0.2) is 21.8 Å². The summed E-state index contributed by atoms with van der Waals surface area (Å²) in [5.74, 6) is -2.98. The predicted molar refractivity (Wildman–Crippen MR) is 114 cm³/mol. The third-order valence-electron chi connectivity index (χ3n) is 5.34. The van der Waals surface area contributed by atoms with Crippen LogP contribution in [0.4, 0.5) is 9.93 Å². The van der Waals surface area contributed by atoms with E-state index in [2.05, 4.69) is 15.5 Å². The van der Waals surface area contributed by atoms with Gasteiger partial charge in [0, 0.05) is 29.8 Å². The summed E-state index contributed by atoms with van der Waals surface area (Å²) in [4.78, 5) is 55.6. The van der Waals surface area contributed by atoms with E-state index in [0.717, 1.165) is 29.1 Å². The molecule has 13 nitrogen and oxygen atoms in total. The molecule has 4 rings (SSSR count). The Morgan fingerprint density at radius 3 is 2.65 bits per heavy atom. The maximum absolute atomic E-state index is 12.7. The van der Waals surface area contributed by atoms with Crippen molar-refractivity contribution in [2.75, 3.05) is 31.2 Å². The number of carboxylic acids is 1. The molecular weight excluding hydrogens is 499 g/mol. The summed E-state index contributed by atoms with van der Waals surface area (Å²) in [5, 5.41) is 27.2. The summed E-state index contributed by atoms with van der Waals surface area (Å²) < 4.78 is 5.23. The normalized spacial score (nSPS) is 22.0. The van der Waals surface area contributed by atoms with Gasteiger partial charge in [0.1, 0.15) is 23.7 Å². The van der Waals surface area contributed by atoms with E-state index < -0.39 is 41.0 Å². The van der Waals surface area contributed by atoms with Gasteiger partial charge in [-0.3, -0.25) is 14.5 Å². The Hall–Kier alpha value is -2.33. The van der Waals surface area contributed by atoms with E-state index >= 15 is 0 Å². The summed E-state index contributed by atoms with van der Waals surface area (Å²) in [6, 6.07) is -1.06. The van der Waals surface area contributed by atoms with Gasteiger partial charge in [0.25, 0.3) is 11.8 Å². The summed E-state index contributed by atoms with van der Waals surface area (Å²) in [6.45, 7) is 0.882. The van der Waals surface area contributed by atoms with Crippen LogP contribution in [0.1, 0.15) is 18.5 Å². The maximum Gasteiger partial charge on any atom is 1.00 e. The summed E-state index contributed by atoms with van der Waals surface area (Å²) >= 11 is 2.24. The fraction of sp³-hybridized carbons (Fsp3) is 0.444. The van der Waals surface area contributed by atoms with Crippen molar-refractivity contribution in [3.05, 3.63) is 22.3 Å². The molecule has 2 fully saturated rings. The molecule has 0 radical (unpaired) electrons. The van der Waals surface area contributed by atoms with Crippen molar-refractivity contribution in [2.45, 2.75) is 24.3 Å². The van der Waals surface area contributed by atoms with Crippen molar-refractivity contribution < 1.29 is 63.8 Å². The molecule has 0 aromatic carbocycles. The number of aliphatic carboxylic acids is 1.